The van der Waals surface area contributed by atoms with Gasteiger partial charge in [0.1, 0.15) is 5.60 Å². The van der Waals surface area contributed by atoms with Crippen molar-refractivity contribution in [1.29, 1.82) is 5.26 Å². The van der Waals surface area contributed by atoms with Gasteiger partial charge >= 0.3 is 6.09 Å². The maximum absolute atomic E-state index is 12.4. The van der Waals surface area contributed by atoms with Crippen LogP contribution < -0.4 is 5.56 Å². The number of carbonyl (C=O) groups is 1. The highest BCUT2D eigenvalue weighted by Crippen LogP contribution is 2.19. The Balaban J connectivity index is 1.60. The third-order valence-corrected chi connectivity index (χ3v) is 5.55. The van der Waals surface area contributed by atoms with E-state index in [1.54, 1.807) is 40.8 Å². The number of pyridine rings is 1. The standard InChI is InChI=1S/C23H30N4O3/c1-23(2,3)30-22(29)25(4)19-9-11-26(12-10-19)13-14-27-20-15-17(16-24)5-6-18(20)7-8-21(27)28/h5-8,15,19H,9-14H2,1-4H3. The van der Waals surface area contributed by atoms with E-state index in [1.165, 1.54) is 0 Å². The van der Waals surface area contributed by atoms with Gasteiger partial charge in [-0.3, -0.25) is 4.79 Å². The summed E-state index contributed by atoms with van der Waals surface area (Å²) in [5.74, 6) is 0. The summed E-state index contributed by atoms with van der Waals surface area (Å²) in [5, 5.41) is 10.1. The molecule has 0 saturated carbocycles. The van der Waals surface area contributed by atoms with Crippen molar-refractivity contribution in [2.75, 3.05) is 26.7 Å². The molecule has 0 radical (unpaired) electrons. The average molecular weight is 411 g/mol. The van der Waals surface area contributed by atoms with Crippen LogP contribution >= 0.6 is 0 Å². The van der Waals surface area contributed by atoms with Crippen molar-refractivity contribution in [1.82, 2.24) is 14.4 Å². The van der Waals surface area contributed by atoms with Crippen molar-refractivity contribution in [2.45, 2.75) is 51.8 Å². The lowest BCUT2D eigenvalue weighted by Gasteiger charge is -2.37. The maximum Gasteiger partial charge on any atom is 0.410 e. The van der Waals surface area contributed by atoms with Gasteiger partial charge in [0.25, 0.3) is 5.56 Å². The van der Waals surface area contributed by atoms with Crippen LogP contribution in [-0.4, -0.2) is 58.8 Å². The number of benzene rings is 1. The fourth-order valence-electron chi connectivity index (χ4n) is 3.84. The Morgan fingerprint density at radius 1 is 1.20 bits per heavy atom. The number of ether oxygens (including phenoxy) is 1. The Morgan fingerprint density at radius 3 is 2.50 bits per heavy atom. The molecule has 1 amide bonds. The summed E-state index contributed by atoms with van der Waals surface area (Å²) in [7, 11) is 1.80. The highest BCUT2D eigenvalue weighted by molar-refractivity contribution is 5.80. The Kier molecular flexibility index (Phi) is 6.47. The normalized spacial score (nSPS) is 15.7. The quantitative estimate of drug-likeness (QED) is 0.773. The molecule has 0 atom stereocenters. The number of nitriles is 1. The molecule has 1 fully saturated rings. The van der Waals surface area contributed by atoms with E-state index in [2.05, 4.69) is 11.0 Å². The highest BCUT2D eigenvalue weighted by Gasteiger charge is 2.28. The van der Waals surface area contributed by atoms with Gasteiger partial charge in [0.2, 0.25) is 0 Å². The summed E-state index contributed by atoms with van der Waals surface area (Å²) < 4.78 is 7.22. The Bertz CT molecular complexity index is 1010. The van der Waals surface area contributed by atoms with Gasteiger partial charge in [0, 0.05) is 45.3 Å². The summed E-state index contributed by atoms with van der Waals surface area (Å²) in [4.78, 5) is 28.8. The van der Waals surface area contributed by atoms with E-state index >= 15 is 0 Å². The molecule has 1 aliphatic rings. The number of nitrogens with zero attached hydrogens (tertiary/aromatic N) is 4. The number of piperidine rings is 1. The molecule has 1 saturated heterocycles. The van der Waals surface area contributed by atoms with Gasteiger partial charge in [-0.2, -0.15) is 5.26 Å². The van der Waals surface area contributed by atoms with Gasteiger partial charge in [-0.1, -0.05) is 6.07 Å². The fourth-order valence-corrected chi connectivity index (χ4v) is 3.84. The summed E-state index contributed by atoms with van der Waals surface area (Å²) in [6.07, 6.45) is 1.47. The molecular weight excluding hydrogens is 380 g/mol. The van der Waals surface area contributed by atoms with Gasteiger partial charge < -0.3 is 19.1 Å². The third-order valence-electron chi connectivity index (χ3n) is 5.55. The topological polar surface area (TPSA) is 78.6 Å². The largest absolute Gasteiger partial charge is 0.444 e. The van der Waals surface area contributed by atoms with Crippen LogP contribution in [0.2, 0.25) is 0 Å². The van der Waals surface area contributed by atoms with Crippen molar-refractivity contribution < 1.29 is 9.53 Å². The van der Waals surface area contributed by atoms with Crippen LogP contribution in [0.5, 0.6) is 0 Å². The van der Waals surface area contributed by atoms with Crippen LogP contribution in [-0.2, 0) is 11.3 Å². The maximum atomic E-state index is 12.4. The molecule has 0 aliphatic carbocycles. The molecule has 30 heavy (non-hydrogen) atoms. The van der Waals surface area contributed by atoms with Gasteiger partial charge in [-0.25, -0.2) is 4.79 Å². The number of carbonyl (C=O) groups excluding carboxylic acids is 1. The minimum absolute atomic E-state index is 0.0582. The molecule has 1 aromatic heterocycles. The number of rotatable bonds is 4. The Hall–Kier alpha value is -2.85. The van der Waals surface area contributed by atoms with Crippen molar-refractivity contribution in [3.05, 3.63) is 46.2 Å². The van der Waals surface area contributed by atoms with Gasteiger partial charge in [-0.15, -0.1) is 0 Å². The SMILES string of the molecule is CN(C(=O)OC(C)(C)C)C1CCN(CCn2c(=O)ccc3ccc(C#N)cc32)CC1. The van der Waals surface area contributed by atoms with E-state index in [4.69, 9.17) is 4.74 Å². The number of likely N-dealkylation sites (tertiary alicyclic amines) is 1. The number of aromatic nitrogens is 1. The van der Waals surface area contributed by atoms with E-state index in [1.807, 2.05) is 26.8 Å². The Morgan fingerprint density at radius 2 is 1.87 bits per heavy atom. The summed E-state index contributed by atoms with van der Waals surface area (Å²) in [6.45, 7) is 8.65. The first-order valence-electron chi connectivity index (χ1n) is 10.4. The first-order valence-corrected chi connectivity index (χ1v) is 10.4. The fraction of sp³-hybridized carbons (Fsp3) is 0.522. The zero-order valence-electron chi connectivity index (χ0n) is 18.2. The van der Waals surface area contributed by atoms with Crippen LogP contribution in [0.4, 0.5) is 4.79 Å². The molecule has 3 rings (SSSR count). The zero-order valence-corrected chi connectivity index (χ0v) is 18.2. The zero-order chi connectivity index (χ0) is 21.9. The second-order valence-electron chi connectivity index (χ2n) is 8.87. The lowest BCUT2D eigenvalue weighted by Crippen LogP contribution is -2.47. The van der Waals surface area contributed by atoms with Crippen LogP contribution in [0.3, 0.4) is 0 Å². The van der Waals surface area contributed by atoms with Crippen LogP contribution in [0.25, 0.3) is 10.9 Å². The minimum atomic E-state index is -0.497. The predicted octanol–water partition coefficient (Wildman–Crippen LogP) is 3.20. The molecule has 0 bridgehead atoms. The first kappa shape index (κ1) is 21.8. The molecule has 7 nitrogen and oxygen atoms in total. The van der Waals surface area contributed by atoms with Gasteiger partial charge in [0.05, 0.1) is 17.1 Å². The predicted molar refractivity (Wildman–Crippen MR) is 116 cm³/mol. The second-order valence-corrected chi connectivity index (χ2v) is 8.87. The third kappa shape index (κ3) is 5.19. The second kappa shape index (κ2) is 8.88. The average Bonchev–Trinajstić information content (AvgIpc) is 2.71. The van der Waals surface area contributed by atoms with E-state index in [-0.39, 0.29) is 17.7 Å². The highest BCUT2D eigenvalue weighted by atomic mass is 16.6. The van der Waals surface area contributed by atoms with Crippen LogP contribution in [0, 0.1) is 11.3 Å². The van der Waals surface area contributed by atoms with Crippen molar-refractivity contribution >= 4 is 17.0 Å². The number of fused-ring (bicyclic) bond motifs is 1. The Labute approximate surface area is 177 Å². The molecule has 160 valence electrons. The summed E-state index contributed by atoms with van der Waals surface area (Å²) >= 11 is 0. The molecule has 2 aromatic rings. The number of hydrogen-bond acceptors (Lipinski definition) is 5. The van der Waals surface area contributed by atoms with E-state index in [0.29, 0.717) is 12.1 Å². The molecule has 1 aliphatic heterocycles. The van der Waals surface area contributed by atoms with Crippen molar-refractivity contribution in [2.24, 2.45) is 0 Å². The molecular formula is C23H30N4O3. The van der Waals surface area contributed by atoms with E-state index in [9.17, 15) is 14.9 Å². The van der Waals surface area contributed by atoms with Crippen LogP contribution in [0.1, 0.15) is 39.2 Å². The van der Waals surface area contributed by atoms with Crippen molar-refractivity contribution in [3.8, 4) is 6.07 Å². The number of amides is 1. The first-order chi connectivity index (χ1) is 14.2. The molecule has 1 aromatic carbocycles. The lowest BCUT2D eigenvalue weighted by molar-refractivity contribution is 0.0151. The number of hydrogen-bond donors (Lipinski definition) is 0. The molecule has 0 N–H and O–H groups in total. The monoisotopic (exact) mass is 410 g/mol. The van der Waals surface area contributed by atoms with Gasteiger partial charge in [0.15, 0.2) is 0 Å². The van der Waals surface area contributed by atoms with Crippen LogP contribution in [0.15, 0.2) is 35.1 Å². The molecule has 0 unspecified atom stereocenters. The summed E-state index contributed by atoms with van der Waals surface area (Å²) in [5.41, 5.74) is 0.787. The van der Waals surface area contributed by atoms with Gasteiger partial charge in [-0.05, 0) is 57.2 Å². The summed E-state index contributed by atoms with van der Waals surface area (Å²) in [6, 6.07) is 11.1. The smallest absolute Gasteiger partial charge is 0.410 e. The van der Waals surface area contributed by atoms with E-state index in [0.717, 1.165) is 43.4 Å². The lowest BCUT2D eigenvalue weighted by atomic mass is 10.0. The molecule has 0 spiro atoms. The molecule has 2 heterocycles. The minimum Gasteiger partial charge on any atom is -0.444 e. The molecule has 7 heteroatoms. The van der Waals surface area contributed by atoms with Crippen molar-refractivity contribution in [3.63, 3.8) is 0 Å². The van der Waals surface area contributed by atoms with E-state index < -0.39 is 5.60 Å².